The molecule has 2 rings (SSSR count). The smallest absolute Gasteiger partial charge is 0.357 e. The molecule has 0 saturated carbocycles. The lowest BCUT2D eigenvalue weighted by atomic mass is 10.2. The largest absolute Gasteiger partial charge is 0.476 e. The number of H-pyrrole nitrogens is 1. The fraction of sp³-hybridized carbons (Fsp3) is 0. The zero-order valence-corrected chi connectivity index (χ0v) is 8.57. The number of rotatable bonds is 1. The average molecular weight is 288 g/mol. The molecule has 0 aliphatic carbocycles. The predicted octanol–water partition coefficient (Wildman–Crippen LogP) is 1.87. The summed E-state index contributed by atoms with van der Waals surface area (Å²) in [6.45, 7) is 0. The number of hydrogen-bond donors (Lipinski definition) is 2. The second kappa shape index (κ2) is 2.99. The summed E-state index contributed by atoms with van der Waals surface area (Å²) in [5.41, 5.74) is 0.837. The molecule has 2 aromatic rings. The summed E-state index contributed by atoms with van der Waals surface area (Å²) in [5, 5.41) is 15.9. The first-order chi connectivity index (χ1) is 6.20. The van der Waals surface area contributed by atoms with Gasteiger partial charge in [0.1, 0.15) is 0 Å². The number of nitrogens with one attached hydrogen (secondary N) is 1. The molecule has 2 N–H and O–H groups in total. The van der Waals surface area contributed by atoms with E-state index in [1.165, 1.54) is 0 Å². The number of carboxylic acids is 1. The van der Waals surface area contributed by atoms with Crippen molar-refractivity contribution in [1.82, 2.24) is 10.2 Å². The molecular weight excluding hydrogens is 283 g/mol. The third-order valence-corrected chi connectivity index (χ3v) is 2.64. The zero-order valence-electron chi connectivity index (χ0n) is 6.41. The van der Waals surface area contributed by atoms with Gasteiger partial charge in [0.2, 0.25) is 0 Å². The Hall–Kier alpha value is -1.11. The molecule has 0 spiro atoms. The molecule has 0 bridgehead atoms. The molecule has 0 fully saturated rings. The van der Waals surface area contributed by atoms with Gasteiger partial charge < -0.3 is 5.11 Å². The molecule has 0 aliphatic rings. The van der Waals surface area contributed by atoms with Crippen molar-refractivity contribution in [3.63, 3.8) is 0 Å². The lowest BCUT2D eigenvalue weighted by molar-refractivity contribution is 0.0692. The minimum absolute atomic E-state index is 0.0833. The van der Waals surface area contributed by atoms with Crippen LogP contribution in [0.2, 0.25) is 0 Å². The summed E-state index contributed by atoms with van der Waals surface area (Å²) < 4.78 is 0.890. The van der Waals surface area contributed by atoms with Crippen LogP contribution in [0.5, 0.6) is 0 Å². The highest BCUT2D eigenvalue weighted by Crippen LogP contribution is 2.21. The van der Waals surface area contributed by atoms with Gasteiger partial charge in [0.25, 0.3) is 0 Å². The van der Waals surface area contributed by atoms with Crippen molar-refractivity contribution >= 4 is 39.5 Å². The summed E-state index contributed by atoms with van der Waals surface area (Å²) in [6, 6.07) is 5.51. The van der Waals surface area contributed by atoms with Crippen molar-refractivity contribution in [2.24, 2.45) is 0 Å². The minimum Gasteiger partial charge on any atom is -0.476 e. The number of aromatic amines is 1. The second-order valence-corrected chi connectivity index (χ2v) is 3.70. The van der Waals surface area contributed by atoms with Crippen LogP contribution >= 0.6 is 22.6 Å². The summed E-state index contributed by atoms with van der Waals surface area (Å²) in [4.78, 5) is 10.7. The molecule has 1 aromatic carbocycles. The Kier molecular flexibility index (Phi) is 1.95. The van der Waals surface area contributed by atoms with E-state index < -0.39 is 5.97 Å². The second-order valence-electron chi connectivity index (χ2n) is 2.54. The Labute approximate surface area is 87.1 Å². The first-order valence-corrected chi connectivity index (χ1v) is 4.64. The maximum absolute atomic E-state index is 10.7. The first-order valence-electron chi connectivity index (χ1n) is 3.56. The molecule has 13 heavy (non-hydrogen) atoms. The van der Waals surface area contributed by atoms with Gasteiger partial charge in [0, 0.05) is 8.96 Å². The summed E-state index contributed by atoms with van der Waals surface area (Å²) in [5.74, 6) is -1.00. The summed E-state index contributed by atoms with van der Waals surface area (Å²) in [7, 11) is 0. The van der Waals surface area contributed by atoms with Crippen molar-refractivity contribution in [1.29, 1.82) is 0 Å². The lowest BCUT2D eigenvalue weighted by Gasteiger charge is -1.93. The lowest BCUT2D eigenvalue weighted by Crippen LogP contribution is -1.97. The van der Waals surface area contributed by atoms with Crippen molar-refractivity contribution in [2.75, 3.05) is 0 Å². The van der Waals surface area contributed by atoms with E-state index in [4.69, 9.17) is 5.11 Å². The van der Waals surface area contributed by atoms with E-state index in [0.29, 0.717) is 5.39 Å². The third-order valence-electron chi connectivity index (χ3n) is 1.74. The highest BCUT2D eigenvalue weighted by molar-refractivity contribution is 14.1. The number of nitrogens with zero attached hydrogens (tertiary/aromatic N) is 1. The molecule has 0 atom stereocenters. The van der Waals surface area contributed by atoms with Crippen LogP contribution in [0, 0.1) is 3.57 Å². The normalized spacial score (nSPS) is 10.5. The van der Waals surface area contributed by atoms with Crippen molar-refractivity contribution < 1.29 is 9.90 Å². The molecular formula is C8H5IN2O2. The van der Waals surface area contributed by atoms with E-state index in [2.05, 4.69) is 32.8 Å². The molecule has 0 unspecified atom stereocenters. The van der Waals surface area contributed by atoms with Gasteiger partial charge in [-0.05, 0) is 34.7 Å². The first kappa shape index (κ1) is 8.49. The molecule has 4 nitrogen and oxygen atoms in total. The maximum Gasteiger partial charge on any atom is 0.357 e. The van der Waals surface area contributed by atoms with Crippen molar-refractivity contribution in [3.8, 4) is 0 Å². The highest BCUT2D eigenvalue weighted by Gasteiger charge is 2.14. The molecule has 1 aromatic heterocycles. The number of aromatic nitrogens is 2. The number of aromatic carboxylic acids is 1. The SMILES string of the molecule is O=C(O)c1n[nH]c2cccc(I)c12. The van der Waals surface area contributed by atoms with E-state index in [9.17, 15) is 4.79 Å². The van der Waals surface area contributed by atoms with Crippen LogP contribution in [0.15, 0.2) is 18.2 Å². The van der Waals surface area contributed by atoms with Gasteiger partial charge in [-0.25, -0.2) is 4.79 Å². The Morgan fingerprint density at radius 2 is 2.31 bits per heavy atom. The van der Waals surface area contributed by atoms with Gasteiger partial charge in [-0.15, -0.1) is 0 Å². The van der Waals surface area contributed by atoms with Gasteiger partial charge >= 0.3 is 5.97 Å². The maximum atomic E-state index is 10.7. The Bertz CT molecular complexity index is 478. The fourth-order valence-corrected chi connectivity index (χ4v) is 1.94. The standard InChI is InChI=1S/C8H5IN2O2/c9-4-2-1-3-5-6(4)7(8(12)13)11-10-5/h1-3H,(H,10,11)(H,12,13). The number of halogens is 1. The molecule has 1 heterocycles. The molecule has 0 amide bonds. The summed E-state index contributed by atoms with van der Waals surface area (Å²) >= 11 is 2.09. The van der Waals surface area contributed by atoms with E-state index in [0.717, 1.165) is 9.09 Å². The van der Waals surface area contributed by atoms with Crippen LogP contribution in [0.1, 0.15) is 10.5 Å². The number of carbonyl (C=O) groups is 1. The van der Waals surface area contributed by atoms with Gasteiger partial charge in [-0.3, -0.25) is 5.10 Å². The topological polar surface area (TPSA) is 66.0 Å². The molecule has 0 radical (unpaired) electrons. The van der Waals surface area contributed by atoms with E-state index in [1.54, 1.807) is 6.07 Å². The van der Waals surface area contributed by atoms with Crippen LogP contribution in [0.3, 0.4) is 0 Å². The van der Waals surface area contributed by atoms with Gasteiger partial charge in [-0.1, -0.05) is 6.07 Å². The van der Waals surface area contributed by atoms with Gasteiger partial charge in [0.15, 0.2) is 5.69 Å². The van der Waals surface area contributed by atoms with Crippen LogP contribution in [0.25, 0.3) is 10.9 Å². The highest BCUT2D eigenvalue weighted by atomic mass is 127. The number of hydrogen-bond acceptors (Lipinski definition) is 2. The van der Waals surface area contributed by atoms with Crippen LogP contribution in [0.4, 0.5) is 0 Å². The number of benzene rings is 1. The third kappa shape index (κ3) is 1.28. The van der Waals surface area contributed by atoms with Crippen molar-refractivity contribution in [3.05, 3.63) is 27.5 Å². The summed E-state index contributed by atoms with van der Waals surface area (Å²) in [6.07, 6.45) is 0. The quantitative estimate of drug-likeness (QED) is 0.787. The van der Waals surface area contributed by atoms with Gasteiger partial charge in [-0.2, -0.15) is 5.10 Å². The molecule has 66 valence electrons. The van der Waals surface area contributed by atoms with Crippen LogP contribution in [-0.2, 0) is 0 Å². The fourth-order valence-electron chi connectivity index (χ4n) is 1.18. The number of fused-ring (bicyclic) bond motifs is 1. The van der Waals surface area contributed by atoms with Crippen LogP contribution in [-0.4, -0.2) is 21.3 Å². The zero-order chi connectivity index (χ0) is 9.42. The van der Waals surface area contributed by atoms with E-state index in [1.807, 2.05) is 12.1 Å². The van der Waals surface area contributed by atoms with E-state index >= 15 is 0 Å². The monoisotopic (exact) mass is 288 g/mol. The Balaban J connectivity index is 2.86. The molecule has 5 heteroatoms. The number of carboxylic acid groups (broad SMARTS) is 1. The Morgan fingerprint density at radius 3 is 3.00 bits per heavy atom. The van der Waals surface area contributed by atoms with E-state index in [-0.39, 0.29) is 5.69 Å². The molecule has 0 saturated heterocycles. The van der Waals surface area contributed by atoms with Crippen LogP contribution < -0.4 is 0 Å². The Morgan fingerprint density at radius 1 is 1.54 bits per heavy atom. The van der Waals surface area contributed by atoms with Gasteiger partial charge in [0.05, 0.1) is 5.52 Å². The minimum atomic E-state index is -1.00. The predicted molar refractivity (Wildman–Crippen MR) is 55.8 cm³/mol. The van der Waals surface area contributed by atoms with Crippen molar-refractivity contribution in [2.45, 2.75) is 0 Å². The molecule has 0 aliphatic heterocycles. The average Bonchev–Trinajstić information content (AvgIpc) is 2.49.